The van der Waals surface area contributed by atoms with Crippen molar-refractivity contribution in [3.05, 3.63) is 185 Å². The summed E-state index contributed by atoms with van der Waals surface area (Å²) in [5, 5.41) is 0. The number of carbonyl (C=O) groups excluding carboxylic acids is 1. The predicted molar refractivity (Wildman–Crippen MR) is 183 cm³/mol. The van der Waals surface area contributed by atoms with E-state index in [-0.39, 0.29) is 6.03 Å². The molecule has 2 aliphatic rings. The Morgan fingerprint density at radius 3 is 1.39 bits per heavy atom. The van der Waals surface area contributed by atoms with Gasteiger partial charge in [-0.05, 0) is 61.7 Å². The number of allylic oxidation sites excluding steroid dienone is 5. The highest BCUT2D eigenvalue weighted by Gasteiger charge is 2.54. The minimum atomic E-state index is -0.893. The molecule has 1 spiro atoms. The molecule has 0 heterocycles. The Kier molecular flexibility index (Phi) is 7.00. The summed E-state index contributed by atoms with van der Waals surface area (Å²) in [6.07, 6.45) is 4.14. The van der Waals surface area contributed by atoms with Crippen molar-refractivity contribution < 1.29 is 4.79 Å². The molecule has 0 saturated heterocycles. The molecule has 0 aromatic heterocycles. The highest BCUT2D eigenvalue weighted by atomic mass is 16.2. The van der Waals surface area contributed by atoms with Gasteiger partial charge in [0.2, 0.25) is 0 Å². The van der Waals surface area contributed by atoms with Crippen molar-refractivity contribution in [2.24, 2.45) is 4.99 Å². The second kappa shape index (κ2) is 11.3. The van der Waals surface area contributed by atoms with E-state index in [9.17, 15) is 4.79 Å². The first-order chi connectivity index (χ1) is 21.6. The summed E-state index contributed by atoms with van der Waals surface area (Å²) in [6, 6.07) is 50.7. The summed E-state index contributed by atoms with van der Waals surface area (Å²) < 4.78 is 0. The number of hydrogen-bond acceptors (Lipinski definition) is 1. The molecule has 0 atom stereocenters. The molecule has 0 radical (unpaired) electrons. The van der Waals surface area contributed by atoms with Crippen molar-refractivity contribution in [3.8, 4) is 0 Å². The zero-order chi connectivity index (χ0) is 30.1. The quantitative estimate of drug-likeness (QED) is 0.213. The van der Waals surface area contributed by atoms with Crippen LogP contribution >= 0.6 is 0 Å². The number of benzene rings is 5. The van der Waals surface area contributed by atoms with Gasteiger partial charge < -0.3 is 4.90 Å². The van der Waals surface area contributed by atoms with Crippen molar-refractivity contribution in [2.45, 2.75) is 5.41 Å². The zero-order valence-corrected chi connectivity index (χ0v) is 24.8. The lowest BCUT2D eigenvalue weighted by Gasteiger charge is -2.40. The highest BCUT2D eigenvalue weighted by Crippen LogP contribution is 2.64. The largest absolute Gasteiger partial charge is 0.343 e. The molecule has 5 aromatic rings. The van der Waals surface area contributed by atoms with Crippen LogP contribution in [0.2, 0.25) is 0 Å². The molecule has 5 aromatic carbocycles. The molecule has 0 N–H and O–H groups in total. The molecule has 44 heavy (non-hydrogen) atoms. The van der Waals surface area contributed by atoms with E-state index in [2.05, 4.69) is 152 Å². The summed E-state index contributed by atoms with van der Waals surface area (Å²) >= 11 is 0. The van der Waals surface area contributed by atoms with Crippen LogP contribution in [0.3, 0.4) is 0 Å². The molecule has 7 rings (SSSR count). The number of urea groups is 1. The average Bonchev–Trinajstić information content (AvgIpc) is 3.40. The lowest BCUT2D eigenvalue weighted by molar-refractivity contribution is 0.227. The van der Waals surface area contributed by atoms with Crippen LogP contribution < -0.4 is 0 Å². The van der Waals surface area contributed by atoms with Crippen molar-refractivity contribution in [1.82, 2.24) is 4.90 Å². The Morgan fingerprint density at radius 2 is 0.932 bits per heavy atom. The number of fused-ring (bicyclic) bond motifs is 2. The Morgan fingerprint density at radius 1 is 0.523 bits per heavy atom. The molecule has 0 aliphatic heterocycles. The van der Waals surface area contributed by atoms with Gasteiger partial charge in [0.1, 0.15) is 0 Å². The van der Waals surface area contributed by atoms with Crippen LogP contribution in [0.5, 0.6) is 0 Å². The Hall–Kier alpha value is -5.54. The number of nitrogens with zero attached hydrogens (tertiary/aromatic N) is 2. The predicted octanol–water partition coefficient (Wildman–Crippen LogP) is 9.31. The van der Waals surface area contributed by atoms with Crippen LogP contribution in [0.1, 0.15) is 33.4 Å². The number of rotatable bonds is 4. The van der Waals surface area contributed by atoms with E-state index in [1.807, 2.05) is 6.08 Å². The summed E-state index contributed by atoms with van der Waals surface area (Å²) in [6.45, 7) is 0. The molecule has 2 aliphatic carbocycles. The normalized spacial score (nSPS) is 16.0. The standard InChI is InChI=1S/C41H32N2O/c1-43(2)40(44)42-35-28-27-29-17-15-16-26-34(29)41(35)38(32-22-11-5-12-23-32)36(30-18-7-3-8-19-30)37(31-20-9-4-10-21-31)39(41)33-24-13-6-14-25-33/h3-28H,1-2H3/b42-35+. The van der Waals surface area contributed by atoms with E-state index < -0.39 is 5.41 Å². The van der Waals surface area contributed by atoms with Crippen molar-refractivity contribution >= 4 is 40.1 Å². The third-order valence-electron chi connectivity index (χ3n) is 8.52. The van der Waals surface area contributed by atoms with Gasteiger partial charge in [-0.15, -0.1) is 0 Å². The molecule has 0 unspecified atom stereocenters. The minimum absolute atomic E-state index is 0.294. The second-order valence-electron chi connectivity index (χ2n) is 11.3. The number of hydrogen-bond donors (Lipinski definition) is 0. The number of amides is 2. The molecule has 3 heteroatoms. The van der Waals surface area contributed by atoms with Crippen molar-refractivity contribution in [1.29, 1.82) is 0 Å². The van der Waals surface area contributed by atoms with Gasteiger partial charge in [0, 0.05) is 14.1 Å². The van der Waals surface area contributed by atoms with Crippen LogP contribution in [-0.2, 0) is 5.41 Å². The van der Waals surface area contributed by atoms with Crippen LogP contribution in [-0.4, -0.2) is 30.7 Å². The fourth-order valence-electron chi connectivity index (χ4n) is 6.73. The minimum Gasteiger partial charge on any atom is -0.329 e. The molecule has 2 amide bonds. The van der Waals surface area contributed by atoms with Gasteiger partial charge in [0.05, 0.1) is 11.1 Å². The van der Waals surface area contributed by atoms with Gasteiger partial charge in [-0.1, -0.05) is 152 Å². The van der Waals surface area contributed by atoms with Crippen LogP contribution in [0, 0.1) is 0 Å². The number of aliphatic imine (C=N–C) groups is 1. The molecule has 0 saturated carbocycles. The second-order valence-corrected chi connectivity index (χ2v) is 11.3. The first-order valence-corrected chi connectivity index (χ1v) is 14.9. The average molecular weight is 569 g/mol. The van der Waals surface area contributed by atoms with E-state index in [1.54, 1.807) is 14.1 Å². The Balaban J connectivity index is 1.77. The van der Waals surface area contributed by atoms with Crippen LogP contribution in [0.4, 0.5) is 4.79 Å². The van der Waals surface area contributed by atoms with Crippen molar-refractivity contribution in [2.75, 3.05) is 14.1 Å². The maximum atomic E-state index is 13.5. The number of carbonyl (C=O) groups is 1. The smallest absolute Gasteiger partial charge is 0.329 e. The first kappa shape index (κ1) is 27.3. The molecule has 0 bridgehead atoms. The molecular formula is C41H32N2O. The summed E-state index contributed by atoms with van der Waals surface area (Å²) in [7, 11) is 3.50. The summed E-state index contributed by atoms with van der Waals surface area (Å²) in [5.41, 5.74) is 10.9. The van der Waals surface area contributed by atoms with Crippen LogP contribution in [0.15, 0.2) is 157 Å². The van der Waals surface area contributed by atoms with E-state index in [0.29, 0.717) is 5.71 Å². The van der Waals surface area contributed by atoms with E-state index in [0.717, 1.165) is 55.7 Å². The SMILES string of the molecule is CN(C)C(=O)/N=C1\C=Cc2ccccc2C12C(c1ccccc1)=C(c1ccccc1)C(c1ccccc1)=C2c1ccccc1. The Labute approximate surface area is 258 Å². The van der Waals surface area contributed by atoms with E-state index in [4.69, 9.17) is 4.99 Å². The maximum absolute atomic E-state index is 13.5. The van der Waals surface area contributed by atoms with Crippen LogP contribution in [0.25, 0.3) is 28.4 Å². The van der Waals surface area contributed by atoms with Gasteiger partial charge in [-0.3, -0.25) is 0 Å². The summed E-state index contributed by atoms with van der Waals surface area (Å²) in [4.78, 5) is 20.0. The van der Waals surface area contributed by atoms with Crippen molar-refractivity contribution in [3.63, 3.8) is 0 Å². The molecular weight excluding hydrogens is 536 g/mol. The van der Waals surface area contributed by atoms with Gasteiger partial charge >= 0.3 is 6.03 Å². The molecule has 212 valence electrons. The molecule has 0 fully saturated rings. The lowest BCUT2D eigenvalue weighted by atomic mass is 9.61. The maximum Gasteiger partial charge on any atom is 0.343 e. The third kappa shape index (κ3) is 4.37. The van der Waals surface area contributed by atoms with Gasteiger partial charge in [-0.25, -0.2) is 4.79 Å². The fraction of sp³-hybridized carbons (Fsp3) is 0.0732. The third-order valence-corrected chi connectivity index (χ3v) is 8.52. The Bertz CT molecular complexity index is 1870. The van der Waals surface area contributed by atoms with Gasteiger partial charge in [0.15, 0.2) is 0 Å². The monoisotopic (exact) mass is 568 g/mol. The van der Waals surface area contributed by atoms with E-state index >= 15 is 0 Å². The zero-order valence-electron chi connectivity index (χ0n) is 24.8. The van der Waals surface area contributed by atoms with Gasteiger partial charge in [-0.2, -0.15) is 4.99 Å². The summed E-state index contributed by atoms with van der Waals surface area (Å²) in [5.74, 6) is 0. The lowest BCUT2D eigenvalue weighted by Crippen LogP contribution is -2.40. The van der Waals surface area contributed by atoms with E-state index in [1.165, 1.54) is 4.90 Å². The topological polar surface area (TPSA) is 32.7 Å². The first-order valence-electron chi connectivity index (χ1n) is 14.9. The fourth-order valence-corrected chi connectivity index (χ4v) is 6.73. The molecule has 3 nitrogen and oxygen atoms in total. The van der Waals surface area contributed by atoms with Gasteiger partial charge in [0.25, 0.3) is 0 Å². The highest BCUT2D eigenvalue weighted by molar-refractivity contribution is 6.41.